The van der Waals surface area contributed by atoms with E-state index >= 15 is 0 Å². The van der Waals surface area contributed by atoms with Gasteiger partial charge in [-0.15, -0.1) is 0 Å². The first-order valence-electron chi connectivity index (χ1n) is 19.8. The van der Waals surface area contributed by atoms with Crippen LogP contribution in [0, 0.1) is 34.9 Å². The van der Waals surface area contributed by atoms with E-state index in [-0.39, 0.29) is 11.4 Å². The number of nitrogens with zero attached hydrogens (tertiary/aromatic N) is 2. The van der Waals surface area contributed by atoms with Gasteiger partial charge in [0.15, 0.2) is 23.3 Å². The Morgan fingerprint density at radius 2 is 0.694 bits per heavy atom. The van der Waals surface area contributed by atoms with E-state index in [1.165, 1.54) is 24.3 Å². The van der Waals surface area contributed by atoms with Crippen LogP contribution in [0.1, 0.15) is 0 Å². The van der Waals surface area contributed by atoms with Crippen molar-refractivity contribution in [1.82, 2.24) is 4.57 Å². The summed E-state index contributed by atoms with van der Waals surface area (Å²) < 4.78 is 87.8. The third-order valence-corrected chi connectivity index (χ3v) is 11.3. The lowest BCUT2D eigenvalue weighted by molar-refractivity contribution is 0.381. The van der Waals surface area contributed by atoms with E-state index in [1.54, 1.807) is 24.3 Å². The molecule has 0 aliphatic rings. The van der Waals surface area contributed by atoms with Crippen molar-refractivity contribution < 1.29 is 26.3 Å². The van der Waals surface area contributed by atoms with Gasteiger partial charge in [-0.3, -0.25) is 0 Å². The minimum absolute atomic E-state index is 0.167. The summed E-state index contributed by atoms with van der Waals surface area (Å²) in [5.41, 5.74) is 9.90. The van der Waals surface area contributed by atoms with E-state index in [9.17, 15) is 26.3 Å². The first-order valence-corrected chi connectivity index (χ1v) is 19.8. The van der Waals surface area contributed by atoms with Crippen LogP contribution >= 0.6 is 0 Å². The lowest BCUT2D eigenvalue weighted by Crippen LogP contribution is -2.10. The molecule has 0 bridgehead atoms. The summed E-state index contributed by atoms with van der Waals surface area (Å²) in [4.78, 5) is 1.95. The molecule has 1 aromatic heterocycles. The fraction of sp³-hybridized carbons (Fsp3) is 0. The Bertz CT molecular complexity index is 3220. The van der Waals surface area contributed by atoms with E-state index in [1.807, 2.05) is 108 Å². The predicted molar refractivity (Wildman–Crippen MR) is 237 cm³/mol. The molecule has 10 aromatic rings. The lowest BCUT2D eigenvalue weighted by Gasteiger charge is -2.26. The Morgan fingerprint density at radius 1 is 0.306 bits per heavy atom. The summed E-state index contributed by atoms with van der Waals surface area (Å²) in [6, 6.07) is 61.0. The van der Waals surface area contributed by atoms with Gasteiger partial charge in [-0.2, -0.15) is 0 Å². The van der Waals surface area contributed by atoms with Crippen LogP contribution in [0.25, 0.3) is 72.0 Å². The zero-order valence-corrected chi connectivity index (χ0v) is 32.6. The second-order valence-corrected chi connectivity index (χ2v) is 14.9. The number of hydrogen-bond donors (Lipinski definition) is 0. The van der Waals surface area contributed by atoms with Crippen LogP contribution < -0.4 is 4.90 Å². The normalized spacial score (nSPS) is 11.4. The standard InChI is InChI=1S/C54H32F6N2/c55-40-23-14-35(15-24-40)33-10-12-34(13-11-33)36-16-25-42(26-17-36)61(44-29-20-38(21-30-44)49-50(56)52(58)54(60)53(59)51(49)57)43-27-18-37(19-28-43)39-22-31-46-45-8-4-5-9-47(45)62(48(46)32-39)41-6-2-1-3-7-41/h1-32H. The average molecular weight is 823 g/mol. The summed E-state index contributed by atoms with van der Waals surface area (Å²) in [6.45, 7) is 0. The summed E-state index contributed by atoms with van der Waals surface area (Å²) in [7, 11) is 0. The minimum atomic E-state index is -2.21. The van der Waals surface area contributed by atoms with Crippen molar-refractivity contribution in [1.29, 1.82) is 0 Å². The van der Waals surface area contributed by atoms with E-state index in [4.69, 9.17) is 0 Å². The van der Waals surface area contributed by atoms with E-state index in [0.29, 0.717) is 5.69 Å². The van der Waals surface area contributed by atoms with Gasteiger partial charge in [0.25, 0.3) is 0 Å². The van der Waals surface area contributed by atoms with Crippen LogP contribution in [0.5, 0.6) is 0 Å². The number of halogens is 6. The van der Waals surface area contributed by atoms with Crippen LogP contribution in [-0.4, -0.2) is 4.57 Å². The Kier molecular flexibility index (Phi) is 9.68. The maximum absolute atomic E-state index is 14.9. The second-order valence-electron chi connectivity index (χ2n) is 14.9. The van der Waals surface area contributed by atoms with Crippen LogP contribution in [0.3, 0.4) is 0 Å². The van der Waals surface area contributed by atoms with Gasteiger partial charge in [-0.1, -0.05) is 121 Å². The molecule has 8 heteroatoms. The molecule has 0 spiro atoms. The van der Waals surface area contributed by atoms with Gasteiger partial charge in [-0.05, 0) is 112 Å². The van der Waals surface area contributed by atoms with Crippen molar-refractivity contribution in [3.05, 3.63) is 229 Å². The van der Waals surface area contributed by atoms with Gasteiger partial charge in [0, 0.05) is 33.5 Å². The molecule has 0 fully saturated rings. The van der Waals surface area contributed by atoms with Crippen molar-refractivity contribution in [3.8, 4) is 50.2 Å². The fourth-order valence-corrected chi connectivity index (χ4v) is 8.19. The summed E-state index contributed by atoms with van der Waals surface area (Å²) in [6.07, 6.45) is 0. The molecule has 300 valence electrons. The number of anilines is 3. The molecule has 9 aromatic carbocycles. The molecule has 0 amide bonds. The van der Waals surface area contributed by atoms with E-state index in [2.05, 4.69) is 47.0 Å². The number of aromatic nitrogens is 1. The second kappa shape index (κ2) is 15.6. The van der Waals surface area contributed by atoms with E-state index in [0.717, 1.165) is 72.2 Å². The monoisotopic (exact) mass is 822 g/mol. The van der Waals surface area contributed by atoms with Crippen molar-refractivity contribution in [2.24, 2.45) is 0 Å². The first-order chi connectivity index (χ1) is 30.2. The van der Waals surface area contributed by atoms with Crippen molar-refractivity contribution in [2.75, 3.05) is 4.90 Å². The molecular weight excluding hydrogens is 791 g/mol. The van der Waals surface area contributed by atoms with Gasteiger partial charge in [-0.25, -0.2) is 26.3 Å². The molecule has 62 heavy (non-hydrogen) atoms. The van der Waals surface area contributed by atoms with Gasteiger partial charge in [0.1, 0.15) is 5.82 Å². The van der Waals surface area contributed by atoms with Crippen LogP contribution in [0.15, 0.2) is 194 Å². The molecule has 0 atom stereocenters. The summed E-state index contributed by atoms with van der Waals surface area (Å²) >= 11 is 0. The van der Waals surface area contributed by atoms with E-state index < -0.39 is 34.6 Å². The molecular formula is C54H32F6N2. The molecule has 2 nitrogen and oxygen atoms in total. The highest BCUT2D eigenvalue weighted by molar-refractivity contribution is 6.10. The molecule has 1 heterocycles. The van der Waals surface area contributed by atoms with Crippen LogP contribution in [0.4, 0.5) is 43.4 Å². The molecule has 0 saturated carbocycles. The highest BCUT2D eigenvalue weighted by Gasteiger charge is 2.27. The largest absolute Gasteiger partial charge is 0.311 e. The van der Waals surface area contributed by atoms with Gasteiger partial charge >= 0.3 is 0 Å². The van der Waals surface area contributed by atoms with Crippen LogP contribution in [0.2, 0.25) is 0 Å². The first kappa shape index (κ1) is 38.4. The molecule has 0 aliphatic heterocycles. The van der Waals surface area contributed by atoms with Crippen LogP contribution in [-0.2, 0) is 0 Å². The Balaban J connectivity index is 1.03. The maximum Gasteiger partial charge on any atom is 0.200 e. The smallest absolute Gasteiger partial charge is 0.200 e. The third kappa shape index (κ3) is 6.76. The molecule has 0 N–H and O–H groups in total. The molecule has 0 aliphatic carbocycles. The number of para-hydroxylation sites is 2. The molecule has 10 rings (SSSR count). The third-order valence-electron chi connectivity index (χ3n) is 11.3. The van der Waals surface area contributed by atoms with Gasteiger partial charge < -0.3 is 9.47 Å². The highest BCUT2D eigenvalue weighted by atomic mass is 19.2. The average Bonchev–Trinajstić information content (AvgIpc) is 3.65. The van der Waals surface area contributed by atoms with Gasteiger partial charge in [0.05, 0.1) is 16.6 Å². The minimum Gasteiger partial charge on any atom is -0.311 e. The predicted octanol–water partition coefficient (Wildman–Crippen LogP) is 15.8. The molecule has 0 saturated heterocycles. The quantitative estimate of drug-likeness (QED) is 0.0842. The Morgan fingerprint density at radius 3 is 1.23 bits per heavy atom. The van der Waals surface area contributed by atoms with Crippen molar-refractivity contribution in [3.63, 3.8) is 0 Å². The molecule has 0 radical (unpaired) electrons. The zero-order valence-electron chi connectivity index (χ0n) is 32.6. The Labute approximate surface area is 352 Å². The number of rotatable bonds is 8. The zero-order chi connectivity index (χ0) is 42.5. The number of fused-ring (bicyclic) bond motifs is 3. The summed E-state index contributed by atoms with van der Waals surface area (Å²) in [5.74, 6) is -10.3. The summed E-state index contributed by atoms with van der Waals surface area (Å²) in [5, 5.41) is 2.29. The fourth-order valence-electron chi connectivity index (χ4n) is 8.19. The molecule has 0 unspecified atom stereocenters. The highest BCUT2D eigenvalue weighted by Crippen LogP contribution is 2.40. The van der Waals surface area contributed by atoms with Gasteiger partial charge in [0.2, 0.25) is 5.82 Å². The Hall–Kier alpha value is -7.84. The lowest BCUT2D eigenvalue weighted by atomic mass is 9.99. The topological polar surface area (TPSA) is 8.17 Å². The van der Waals surface area contributed by atoms with Crippen molar-refractivity contribution >= 4 is 38.9 Å². The SMILES string of the molecule is Fc1ccc(-c2ccc(-c3ccc(N(c4ccc(-c5ccc6c7ccccc7n(-c7ccccc7)c6c5)cc4)c4ccc(-c5c(F)c(F)c(F)c(F)c5F)cc4)cc3)cc2)cc1. The number of benzene rings is 9. The maximum atomic E-state index is 14.9. The van der Waals surface area contributed by atoms with Crippen molar-refractivity contribution in [2.45, 2.75) is 0 Å². The number of hydrogen-bond acceptors (Lipinski definition) is 1.